The van der Waals surface area contributed by atoms with Crippen LogP contribution in [0, 0.1) is 5.92 Å². The predicted molar refractivity (Wildman–Crippen MR) is 77.9 cm³/mol. The highest BCUT2D eigenvalue weighted by atomic mass is 19.3. The molecule has 0 radical (unpaired) electrons. The number of aromatic nitrogens is 2. The number of nitrogens with one attached hydrogen (secondary N) is 1. The van der Waals surface area contributed by atoms with Gasteiger partial charge in [0.05, 0.1) is 25.0 Å². The molecule has 0 saturated heterocycles. The average Bonchev–Trinajstić information content (AvgIpc) is 2.85. The van der Waals surface area contributed by atoms with Crippen LogP contribution in [-0.2, 0) is 0 Å². The van der Waals surface area contributed by atoms with Gasteiger partial charge in [-0.3, -0.25) is 4.68 Å². The van der Waals surface area contributed by atoms with Gasteiger partial charge in [0, 0.05) is 18.9 Å². The van der Waals surface area contributed by atoms with E-state index < -0.39 is 5.92 Å². The first kappa shape index (κ1) is 16.2. The highest BCUT2D eigenvalue weighted by molar-refractivity contribution is 5.29. The van der Waals surface area contributed by atoms with Crippen molar-refractivity contribution in [3.63, 3.8) is 0 Å². The third-order valence-corrected chi connectivity index (χ3v) is 4.35. The minimum Gasteiger partial charge on any atom is -0.493 e. The summed E-state index contributed by atoms with van der Waals surface area (Å²) in [5.41, 5.74) is 0.963. The Labute approximate surface area is 124 Å². The monoisotopic (exact) mass is 301 g/mol. The number of hydrogen-bond donors (Lipinski definition) is 1. The van der Waals surface area contributed by atoms with Crippen molar-refractivity contribution in [1.29, 1.82) is 0 Å². The minimum atomic E-state index is -2.50. The molecular weight excluding hydrogens is 276 g/mol. The summed E-state index contributed by atoms with van der Waals surface area (Å²) in [5, 5.41) is 7.67. The van der Waals surface area contributed by atoms with E-state index in [9.17, 15) is 8.78 Å². The number of methoxy groups -OCH3 is 1. The highest BCUT2D eigenvalue weighted by Gasteiger charge is 2.39. The van der Waals surface area contributed by atoms with Gasteiger partial charge in [-0.25, -0.2) is 8.78 Å². The summed E-state index contributed by atoms with van der Waals surface area (Å²) < 4.78 is 34.1. The highest BCUT2D eigenvalue weighted by Crippen LogP contribution is 2.43. The van der Waals surface area contributed by atoms with Crippen LogP contribution in [0.2, 0.25) is 0 Å². The maximum absolute atomic E-state index is 13.4. The van der Waals surface area contributed by atoms with Crippen molar-refractivity contribution in [2.75, 3.05) is 14.2 Å². The first-order valence-corrected chi connectivity index (χ1v) is 7.56. The van der Waals surface area contributed by atoms with Gasteiger partial charge < -0.3 is 10.1 Å². The van der Waals surface area contributed by atoms with E-state index in [1.165, 1.54) is 0 Å². The molecule has 0 spiro atoms. The molecule has 2 rings (SSSR count). The molecule has 1 aromatic heterocycles. The van der Waals surface area contributed by atoms with Crippen LogP contribution in [0.15, 0.2) is 6.20 Å². The standard InChI is InChI=1S/C15H25F2N3O/c1-10(2)20-14(12(21-4)9-19-20)13(18-3)11-5-7-15(16,17)8-6-11/h9-11,13,18H,5-8H2,1-4H3. The lowest BCUT2D eigenvalue weighted by atomic mass is 9.80. The molecule has 21 heavy (non-hydrogen) atoms. The summed E-state index contributed by atoms with van der Waals surface area (Å²) in [6, 6.07) is 0.186. The molecule has 1 aromatic rings. The second kappa shape index (κ2) is 6.30. The van der Waals surface area contributed by atoms with Crippen LogP contribution in [0.3, 0.4) is 0 Å². The van der Waals surface area contributed by atoms with Gasteiger partial charge in [0.15, 0.2) is 5.75 Å². The molecule has 0 bridgehead atoms. The Morgan fingerprint density at radius 1 is 1.38 bits per heavy atom. The lowest BCUT2D eigenvalue weighted by molar-refractivity contribution is -0.0499. The summed E-state index contributed by atoms with van der Waals surface area (Å²) in [6.45, 7) is 4.11. The molecule has 1 unspecified atom stereocenters. The molecule has 0 aliphatic heterocycles. The van der Waals surface area contributed by atoms with Crippen molar-refractivity contribution in [2.45, 2.75) is 57.5 Å². The predicted octanol–water partition coefficient (Wildman–Crippen LogP) is 3.56. The van der Waals surface area contributed by atoms with Gasteiger partial charge in [0.25, 0.3) is 0 Å². The summed E-state index contributed by atoms with van der Waals surface area (Å²) in [4.78, 5) is 0. The molecule has 0 amide bonds. The topological polar surface area (TPSA) is 39.1 Å². The molecule has 4 nitrogen and oxygen atoms in total. The zero-order valence-corrected chi connectivity index (χ0v) is 13.2. The molecule has 1 aliphatic carbocycles. The van der Waals surface area contributed by atoms with Crippen molar-refractivity contribution >= 4 is 0 Å². The first-order chi connectivity index (χ1) is 9.89. The smallest absolute Gasteiger partial charge is 0.248 e. The number of rotatable bonds is 5. The van der Waals surface area contributed by atoms with Gasteiger partial charge >= 0.3 is 0 Å². The summed E-state index contributed by atoms with van der Waals surface area (Å²) in [7, 11) is 3.49. The van der Waals surface area contributed by atoms with Crippen LogP contribution < -0.4 is 10.1 Å². The van der Waals surface area contributed by atoms with Gasteiger partial charge in [-0.1, -0.05) is 0 Å². The summed E-state index contributed by atoms with van der Waals surface area (Å²) in [6.07, 6.45) is 2.68. The molecule has 1 atom stereocenters. The molecule has 6 heteroatoms. The van der Waals surface area contributed by atoms with Crippen LogP contribution in [0.4, 0.5) is 8.78 Å². The van der Waals surface area contributed by atoms with E-state index in [1.807, 2.05) is 11.7 Å². The van der Waals surface area contributed by atoms with Crippen molar-refractivity contribution in [3.8, 4) is 5.75 Å². The quantitative estimate of drug-likeness (QED) is 0.904. The number of alkyl halides is 2. The van der Waals surface area contributed by atoms with Crippen molar-refractivity contribution < 1.29 is 13.5 Å². The zero-order valence-electron chi connectivity index (χ0n) is 13.2. The number of nitrogens with zero attached hydrogens (tertiary/aromatic N) is 2. The van der Waals surface area contributed by atoms with Gasteiger partial charge in [-0.2, -0.15) is 5.10 Å². The van der Waals surface area contributed by atoms with E-state index in [2.05, 4.69) is 24.3 Å². The van der Waals surface area contributed by atoms with E-state index in [4.69, 9.17) is 4.74 Å². The summed E-state index contributed by atoms with van der Waals surface area (Å²) in [5.74, 6) is -1.60. The van der Waals surface area contributed by atoms with E-state index in [0.29, 0.717) is 12.8 Å². The fourth-order valence-electron chi connectivity index (χ4n) is 3.21. The summed E-state index contributed by atoms with van der Waals surface area (Å²) >= 11 is 0. The van der Waals surface area contributed by atoms with Crippen LogP contribution >= 0.6 is 0 Å². The van der Waals surface area contributed by atoms with E-state index >= 15 is 0 Å². The molecule has 1 saturated carbocycles. The maximum Gasteiger partial charge on any atom is 0.248 e. The zero-order chi connectivity index (χ0) is 15.6. The van der Waals surface area contributed by atoms with Crippen molar-refractivity contribution in [3.05, 3.63) is 11.9 Å². The molecule has 0 aromatic carbocycles. The molecule has 1 fully saturated rings. The maximum atomic E-state index is 13.4. The fraction of sp³-hybridized carbons (Fsp3) is 0.800. The lowest BCUT2D eigenvalue weighted by Gasteiger charge is -2.34. The van der Waals surface area contributed by atoms with E-state index in [1.54, 1.807) is 13.3 Å². The van der Waals surface area contributed by atoms with Gasteiger partial charge in [0.1, 0.15) is 0 Å². The van der Waals surface area contributed by atoms with Gasteiger partial charge in [-0.05, 0) is 39.7 Å². The molecule has 1 N–H and O–H groups in total. The molecule has 1 aliphatic rings. The Kier molecular flexibility index (Phi) is 4.86. The fourth-order valence-corrected chi connectivity index (χ4v) is 3.21. The van der Waals surface area contributed by atoms with Crippen LogP contribution in [0.25, 0.3) is 0 Å². The SMILES string of the molecule is CNC(c1c(OC)cnn1C(C)C)C1CCC(F)(F)CC1. The van der Waals surface area contributed by atoms with Crippen LogP contribution in [-0.4, -0.2) is 29.9 Å². The molecule has 120 valence electrons. The Bertz CT molecular complexity index is 463. The van der Waals surface area contributed by atoms with E-state index in [-0.39, 0.29) is 30.8 Å². The molecule has 1 heterocycles. The first-order valence-electron chi connectivity index (χ1n) is 7.56. The second-order valence-electron chi connectivity index (χ2n) is 6.10. The average molecular weight is 301 g/mol. The lowest BCUT2D eigenvalue weighted by Crippen LogP contribution is -2.34. The van der Waals surface area contributed by atoms with Crippen LogP contribution in [0.5, 0.6) is 5.75 Å². The third kappa shape index (κ3) is 3.36. The Morgan fingerprint density at radius 2 is 2.00 bits per heavy atom. The Balaban J connectivity index is 2.27. The van der Waals surface area contributed by atoms with Crippen molar-refractivity contribution in [1.82, 2.24) is 15.1 Å². The van der Waals surface area contributed by atoms with Gasteiger partial charge in [-0.15, -0.1) is 0 Å². The Morgan fingerprint density at radius 3 is 2.48 bits per heavy atom. The largest absolute Gasteiger partial charge is 0.493 e. The molecular formula is C15H25F2N3O. The number of ether oxygens (including phenoxy) is 1. The number of hydrogen-bond acceptors (Lipinski definition) is 3. The van der Waals surface area contributed by atoms with Crippen LogP contribution in [0.1, 0.15) is 57.3 Å². The van der Waals surface area contributed by atoms with E-state index in [0.717, 1.165) is 11.4 Å². The Hall–Kier alpha value is -1.17. The minimum absolute atomic E-state index is 0.0130. The van der Waals surface area contributed by atoms with Gasteiger partial charge in [0.2, 0.25) is 5.92 Å². The normalized spacial score (nSPS) is 20.7. The number of halogens is 2. The second-order valence-corrected chi connectivity index (χ2v) is 6.10. The van der Waals surface area contributed by atoms with Crippen molar-refractivity contribution in [2.24, 2.45) is 5.92 Å². The third-order valence-electron chi connectivity index (χ3n) is 4.35.